The molecule has 0 spiro atoms. The highest BCUT2D eigenvalue weighted by Gasteiger charge is 2.59. The van der Waals surface area contributed by atoms with E-state index >= 15 is 0 Å². The van der Waals surface area contributed by atoms with Gasteiger partial charge in [0, 0.05) is 11.5 Å². The Morgan fingerprint density at radius 2 is 1.19 bits per heavy atom. The summed E-state index contributed by atoms with van der Waals surface area (Å²) < 4.78 is 97.1. The fraction of sp³-hybridized carbons (Fsp3) is 0.880. The Kier molecular flexibility index (Phi) is 9.69. The van der Waals surface area contributed by atoms with Crippen molar-refractivity contribution in [3.05, 3.63) is 12.2 Å². The van der Waals surface area contributed by atoms with Gasteiger partial charge in [-0.2, -0.15) is 26.3 Å². The van der Waals surface area contributed by atoms with Gasteiger partial charge in [0.05, 0.1) is 23.4 Å². The van der Waals surface area contributed by atoms with Gasteiger partial charge in [-0.15, -0.1) is 0 Å². The van der Waals surface area contributed by atoms with Crippen molar-refractivity contribution in [3.8, 4) is 0 Å². The molecular weight excluding hydrogens is 510 g/mol. The number of rotatable bonds is 10. The summed E-state index contributed by atoms with van der Waals surface area (Å²) in [6.45, 7) is 14.4. The number of carbonyl (C=O) groups excluding carboxylic acids is 1. The van der Waals surface area contributed by atoms with E-state index in [2.05, 4.69) is 6.58 Å². The smallest absolute Gasteiger partial charge is 0.419 e. The second-order valence-corrected chi connectivity index (χ2v) is 11.5. The summed E-state index contributed by atoms with van der Waals surface area (Å²) in [5.74, 6) is -1.99. The first-order chi connectivity index (χ1) is 16.2. The van der Waals surface area contributed by atoms with Gasteiger partial charge in [-0.05, 0) is 81.1 Å². The van der Waals surface area contributed by atoms with Crippen LogP contribution in [0.15, 0.2) is 12.2 Å². The van der Waals surface area contributed by atoms with E-state index in [1.54, 1.807) is 0 Å². The van der Waals surface area contributed by atoms with Gasteiger partial charge in [-0.1, -0.05) is 6.58 Å². The number of alkyl halides is 6. The van der Waals surface area contributed by atoms with Crippen molar-refractivity contribution in [2.45, 2.75) is 128 Å². The highest BCUT2D eigenvalue weighted by molar-refractivity contribution is 5.87. The summed E-state index contributed by atoms with van der Waals surface area (Å²) >= 11 is 0. The molecule has 0 aromatic carbocycles. The van der Waals surface area contributed by atoms with Crippen LogP contribution in [0.4, 0.5) is 26.3 Å². The first-order valence-corrected chi connectivity index (χ1v) is 12.0. The van der Waals surface area contributed by atoms with Gasteiger partial charge in [0.15, 0.2) is 11.2 Å². The van der Waals surface area contributed by atoms with Crippen LogP contribution in [0.25, 0.3) is 0 Å². The molecule has 1 aliphatic carbocycles. The molecule has 1 saturated carbocycles. The minimum absolute atomic E-state index is 0.0830. The van der Waals surface area contributed by atoms with Crippen LogP contribution < -0.4 is 0 Å². The number of carbonyl (C=O) groups is 1. The third kappa shape index (κ3) is 7.39. The molecule has 0 aromatic heterocycles. The zero-order chi connectivity index (χ0) is 29.6. The SMILES string of the molecule is C=C(C)C(=O)OC1CC(C(C)(C)OC(C)C(C)(O)C(F)(F)F)CC1C(C)(C)OC(C)C(C)(O)C(F)(F)F. The lowest BCUT2D eigenvalue weighted by molar-refractivity contribution is -0.302. The molecule has 0 aliphatic heterocycles. The Balaban J connectivity index is 3.29. The van der Waals surface area contributed by atoms with Crippen molar-refractivity contribution in [2.24, 2.45) is 11.8 Å². The maximum atomic E-state index is 13.4. The van der Waals surface area contributed by atoms with E-state index in [0.717, 1.165) is 13.8 Å². The topological polar surface area (TPSA) is 85.2 Å². The van der Waals surface area contributed by atoms with Crippen molar-refractivity contribution in [1.82, 2.24) is 0 Å². The van der Waals surface area contributed by atoms with Gasteiger partial charge < -0.3 is 24.4 Å². The highest BCUT2D eigenvalue weighted by atomic mass is 19.4. The van der Waals surface area contributed by atoms with Crippen LogP contribution in [0.2, 0.25) is 0 Å². The summed E-state index contributed by atoms with van der Waals surface area (Å²) in [5.41, 5.74) is -8.87. The van der Waals surface area contributed by atoms with Crippen molar-refractivity contribution >= 4 is 5.97 Å². The molecule has 218 valence electrons. The zero-order valence-electron chi connectivity index (χ0n) is 22.8. The molecule has 2 N–H and O–H groups in total. The maximum Gasteiger partial charge on any atom is 0.419 e. The first-order valence-electron chi connectivity index (χ1n) is 12.0. The molecule has 0 heterocycles. The Hall–Kier alpha value is -1.37. The quantitative estimate of drug-likeness (QED) is 0.213. The molecule has 7 atom stereocenters. The molecule has 0 bridgehead atoms. The second kappa shape index (κ2) is 10.7. The van der Waals surface area contributed by atoms with Crippen LogP contribution in [0.1, 0.15) is 75.2 Å². The fourth-order valence-electron chi connectivity index (χ4n) is 4.45. The van der Waals surface area contributed by atoms with Crippen LogP contribution in [0.5, 0.6) is 0 Å². The predicted molar refractivity (Wildman–Crippen MR) is 124 cm³/mol. The van der Waals surface area contributed by atoms with Crippen LogP contribution in [-0.2, 0) is 19.0 Å². The average molecular weight is 551 g/mol. The molecule has 6 nitrogen and oxygen atoms in total. The molecule has 37 heavy (non-hydrogen) atoms. The van der Waals surface area contributed by atoms with E-state index in [1.807, 2.05) is 0 Å². The van der Waals surface area contributed by atoms with E-state index < -0.39 is 70.9 Å². The maximum absolute atomic E-state index is 13.4. The van der Waals surface area contributed by atoms with Crippen LogP contribution >= 0.6 is 0 Å². The Bertz CT molecular complexity index is 831. The molecule has 1 fully saturated rings. The summed E-state index contributed by atoms with van der Waals surface area (Å²) in [7, 11) is 0. The normalized spacial score (nSPS) is 26.7. The van der Waals surface area contributed by atoms with E-state index in [1.165, 1.54) is 34.6 Å². The molecule has 1 aliphatic rings. The molecule has 0 aromatic rings. The second-order valence-electron chi connectivity index (χ2n) is 11.5. The average Bonchev–Trinajstić information content (AvgIpc) is 3.11. The van der Waals surface area contributed by atoms with Crippen LogP contribution in [-0.4, -0.2) is 69.3 Å². The molecule has 0 radical (unpaired) electrons. The number of ether oxygens (including phenoxy) is 3. The highest BCUT2D eigenvalue weighted by Crippen LogP contribution is 2.49. The van der Waals surface area contributed by atoms with Gasteiger partial charge in [-0.3, -0.25) is 0 Å². The third-order valence-electron chi connectivity index (χ3n) is 7.68. The molecular formula is C25H40F6O6. The minimum Gasteiger partial charge on any atom is -0.459 e. The predicted octanol–water partition coefficient (Wildman–Crippen LogP) is 5.49. The zero-order valence-corrected chi connectivity index (χ0v) is 22.8. The van der Waals surface area contributed by atoms with E-state index in [9.17, 15) is 41.4 Å². The Morgan fingerprint density at radius 1 is 0.811 bits per heavy atom. The monoisotopic (exact) mass is 550 g/mol. The summed E-state index contributed by atoms with van der Waals surface area (Å²) in [6.07, 6.45) is -13.9. The van der Waals surface area contributed by atoms with E-state index in [4.69, 9.17) is 14.2 Å². The molecule has 0 amide bonds. The summed E-state index contributed by atoms with van der Waals surface area (Å²) in [6, 6.07) is 0. The van der Waals surface area contributed by atoms with Gasteiger partial charge >= 0.3 is 18.3 Å². The molecule has 1 rings (SSSR count). The molecule has 0 saturated heterocycles. The van der Waals surface area contributed by atoms with Crippen LogP contribution in [0.3, 0.4) is 0 Å². The number of halogens is 6. The number of aliphatic hydroxyl groups is 2. The van der Waals surface area contributed by atoms with Crippen molar-refractivity contribution in [2.75, 3.05) is 0 Å². The van der Waals surface area contributed by atoms with Gasteiger partial charge in [0.25, 0.3) is 0 Å². The van der Waals surface area contributed by atoms with Crippen LogP contribution in [0, 0.1) is 11.8 Å². The first kappa shape index (κ1) is 33.7. The Morgan fingerprint density at radius 3 is 1.54 bits per heavy atom. The molecule has 7 unspecified atom stereocenters. The lowest BCUT2D eigenvalue weighted by Gasteiger charge is -2.42. The fourth-order valence-corrected chi connectivity index (χ4v) is 4.45. The van der Waals surface area contributed by atoms with Gasteiger partial charge in [0.1, 0.15) is 6.10 Å². The number of esters is 1. The third-order valence-corrected chi connectivity index (χ3v) is 7.68. The largest absolute Gasteiger partial charge is 0.459 e. The molecule has 12 heteroatoms. The number of hydrogen-bond donors (Lipinski definition) is 2. The van der Waals surface area contributed by atoms with E-state index in [0.29, 0.717) is 13.8 Å². The van der Waals surface area contributed by atoms with Crippen molar-refractivity contribution < 1.29 is 55.6 Å². The lowest BCUT2D eigenvalue weighted by Crippen LogP contribution is -2.55. The minimum atomic E-state index is -4.98. The lowest BCUT2D eigenvalue weighted by atomic mass is 9.83. The van der Waals surface area contributed by atoms with E-state index in [-0.39, 0.29) is 18.4 Å². The van der Waals surface area contributed by atoms with Crippen molar-refractivity contribution in [1.29, 1.82) is 0 Å². The number of hydrogen-bond acceptors (Lipinski definition) is 6. The van der Waals surface area contributed by atoms with Gasteiger partial charge in [-0.25, -0.2) is 4.79 Å². The summed E-state index contributed by atoms with van der Waals surface area (Å²) in [5, 5.41) is 20.1. The Labute approximate surface area is 214 Å². The van der Waals surface area contributed by atoms with Gasteiger partial charge in [0.2, 0.25) is 0 Å². The standard InChI is InChI=1S/C25H40F6O6/c1-13(2)19(32)35-18-12-16(20(5,6)36-14(3)22(9,33)24(26,27)28)11-17(18)21(7,8)37-15(4)23(10,34)25(29,30)31/h14-18,33-34H,1,11-12H2,2-10H3. The van der Waals surface area contributed by atoms with Crippen molar-refractivity contribution in [3.63, 3.8) is 0 Å². The summed E-state index contributed by atoms with van der Waals surface area (Å²) in [4.78, 5) is 12.3.